The Morgan fingerprint density at radius 3 is 2.57 bits per heavy atom. The lowest BCUT2D eigenvalue weighted by Gasteiger charge is -2.02. The molecule has 2 rings (SSSR count). The van der Waals surface area contributed by atoms with E-state index in [1.165, 1.54) is 12.1 Å². The van der Waals surface area contributed by atoms with Gasteiger partial charge in [-0.3, -0.25) is 0 Å². The van der Waals surface area contributed by atoms with E-state index in [1.807, 2.05) is 12.1 Å². The van der Waals surface area contributed by atoms with Crippen LogP contribution in [0.5, 0.6) is 0 Å². The Hall–Kier alpha value is -2.36. The number of halogens is 1. The SMILES string of the molecule is CO.C[C@H](C#Cc1ccc(Cc2ccc(F)cc2)s1)NC(N)=O. The number of benzene rings is 1. The summed E-state index contributed by atoms with van der Waals surface area (Å²) in [6.07, 6.45) is 0.752. The first-order valence-electron chi connectivity index (χ1n) is 6.88. The molecule has 6 heteroatoms. The largest absolute Gasteiger partial charge is 0.400 e. The molecule has 4 nitrogen and oxygen atoms in total. The van der Waals surface area contributed by atoms with E-state index in [0.29, 0.717) is 0 Å². The summed E-state index contributed by atoms with van der Waals surface area (Å²) in [4.78, 5) is 12.7. The molecule has 0 aliphatic rings. The van der Waals surface area contributed by atoms with Crippen molar-refractivity contribution in [3.8, 4) is 11.8 Å². The summed E-state index contributed by atoms with van der Waals surface area (Å²) in [6, 6.07) is 9.54. The zero-order chi connectivity index (χ0) is 17.2. The first-order chi connectivity index (χ1) is 11.0. The molecule has 122 valence electrons. The topological polar surface area (TPSA) is 75.3 Å². The first-order valence-corrected chi connectivity index (χ1v) is 7.70. The quantitative estimate of drug-likeness (QED) is 0.754. The number of amides is 2. The molecule has 0 saturated carbocycles. The van der Waals surface area contributed by atoms with Crippen LogP contribution >= 0.6 is 11.3 Å². The van der Waals surface area contributed by atoms with Crippen LogP contribution in [0, 0.1) is 17.7 Å². The summed E-state index contributed by atoms with van der Waals surface area (Å²) < 4.78 is 12.8. The Kier molecular flexibility index (Phi) is 7.81. The molecule has 4 N–H and O–H groups in total. The van der Waals surface area contributed by atoms with Gasteiger partial charge in [-0.2, -0.15) is 0 Å². The minimum atomic E-state index is -0.583. The third-order valence-electron chi connectivity index (χ3n) is 2.72. The van der Waals surface area contributed by atoms with E-state index >= 15 is 0 Å². The maximum Gasteiger partial charge on any atom is 0.313 e. The fraction of sp³-hybridized carbons (Fsp3) is 0.235. The summed E-state index contributed by atoms with van der Waals surface area (Å²) in [5.41, 5.74) is 6.08. The number of primary amides is 1. The van der Waals surface area contributed by atoms with Crippen molar-refractivity contribution in [3.05, 3.63) is 57.5 Å². The molecule has 2 amide bonds. The Bertz CT molecular complexity index is 687. The zero-order valence-electron chi connectivity index (χ0n) is 13.0. The van der Waals surface area contributed by atoms with Crippen LogP contribution in [0.15, 0.2) is 36.4 Å². The highest BCUT2D eigenvalue weighted by molar-refractivity contribution is 7.12. The molecular formula is C17H19FN2O2S. The van der Waals surface area contributed by atoms with Crippen LogP contribution in [0.25, 0.3) is 0 Å². The molecular weight excluding hydrogens is 315 g/mol. The fourth-order valence-electron chi connectivity index (χ4n) is 1.77. The van der Waals surface area contributed by atoms with E-state index in [9.17, 15) is 9.18 Å². The van der Waals surface area contributed by atoms with Crippen molar-refractivity contribution < 1.29 is 14.3 Å². The second-order valence-electron chi connectivity index (χ2n) is 4.57. The molecule has 0 unspecified atom stereocenters. The van der Waals surface area contributed by atoms with E-state index in [2.05, 4.69) is 17.2 Å². The van der Waals surface area contributed by atoms with Crippen molar-refractivity contribution in [1.82, 2.24) is 5.32 Å². The lowest BCUT2D eigenvalue weighted by Crippen LogP contribution is -2.35. The van der Waals surface area contributed by atoms with Crippen molar-refractivity contribution >= 4 is 17.4 Å². The molecule has 1 aromatic heterocycles. The Balaban J connectivity index is 0.00000127. The predicted octanol–water partition coefficient (Wildman–Crippen LogP) is 2.49. The van der Waals surface area contributed by atoms with Crippen LogP contribution < -0.4 is 11.1 Å². The van der Waals surface area contributed by atoms with E-state index < -0.39 is 6.03 Å². The lowest BCUT2D eigenvalue weighted by molar-refractivity contribution is 0.248. The molecule has 0 aliphatic heterocycles. The Labute approximate surface area is 139 Å². The molecule has 0 spiro atoms. The van der Waals surface area contributed by atoms with Crippen molar-refractivity contribution in [2.75, 3.05) is 7.11 Å². The summed E-state index contributed by atoms with van der Waals surface area (Å²) >= 11 is 1.58. The second kappa shape index (κ2) is 9.62. The predicted molar refractivity (Wildman–Crippen MR) is 90.7 cm³/mol. The number of thiophene rings is 1. The highest BCUT2D eigenvalue weighted by Crippen LogP contribution is 2.19. The van der Waals surface area contributed by atoms with Crippen LogP contribution in [0.2, 0.25) is 0 Å². The van der Waals surface area contributed by atoms with Crippen molar-refractivity contribution in [1.29, 1.82) is 0 Å². The van der Waals surface area contributed by atoms with Crippen LogP contribution in [-0.2, 0) is 6.42 Å². The van der Waals surface area contributed by atoms with Gasteiger partial charge in [0.1, 0.15) is 5.82 Å². The number of aliphatic hydroxyl groups is 1. The van der Waals surface area contributed by atoms with Crippen LogP contribution in [-0.4, -0.2) is 24.3 Å². The number of urea groups is 1. The van der Waals surface area contributed by atoms with E-state index in [1.54, 1.807) is 30.4 Å². The van der Waals surface area contributed by atoms with Gasteiger partial charge in [-0.25, -0.2) is 9.18 Å². The fourth-order valence-corrected chi connectivity index (χ4v) is 2.68. The standard InChI is InChI=1S/C16H15FN2OS.CH4O/c1-11(19-16(18)20)2-7-14-8-9-15(21-14)10-12-3-5-13(17)6-4-12;1-2/h3-6,8-9,11H,10H2,1H3,(H3,18,19,20);2H,1H3/t11-;/m1./s1. The molecule has 2 aromatic rings. The van der Waals surface area contributed by atoms with Crippen molar-refractivity contribution in [2.45, 2.75) is 19.4 Å². The van der Waals surface area contributed by atoms with Gasteiger partial charge in [-0.05, 0) is 36.8 Å². The number of carbonyl (C=O) groups excluding carboxylic acids is 1. The maximum atomic E-state index is 12.8. The third-order valence-corrected chi connectivity index (χ3v) is 3.72. The minimum Gasteiger partial charge on any atom is -0.400 e. The highest BCUT2D eigenvalue weighted by Gasteiger charge is 2.02. The number of nitrogens with one attached hydrogen (secondary N) is 1. The van der Waals surface area contributed by atoms with Crippen LogP contribution in [0.3, 0.4) is 0 Å². The molecule has 1 aromatic carbocycles. The van der Waals surface area contributed by atoms with Crippen LogP contribution in [0.4, 0.5) is 9.18 Å². The van der Waals surface area contributed by atoms with Gasteiger partial charge in [0.15, 0.2) is 0 Å². The van der Waals surface area contributed by atoms with Crippen LogP contribution in [0.1, 0.15) is 22.2 Å². The molecule has 1 atom stereocenters. The maximum absolute atomic E-state index is 12.8. The van der Waals surface area contributed by atoms with Gasteiger partial charge in [-0.15, -0.1) is 11.3 Å². The summed E-state index contributed by atoms with van der Waals surface area (Å²) in [5.74, 6) is 5.69. The van der Waals surface area contributed by atoms with Crippen molar-refractivity contribution in [3.63, 3.8) is 0 Å². The molecule has 0 radical (unpaired) electrons. The van der Waals surface area contributed by atoms with E-state index in [4.69, 9.17) is 10.8 Å². The Morgan fingerprint density at radius 1 is 1.30 bits per heavy atom. The number of nitrogens with two attached hydrogens (primary N) is 1. The zero-order valence-corrected chi connectivity index (χ0v) is 13.8. The molecule has 0 fully saturated rings. The monoisotopic (exact) mass is 334 g/mol. The van der Waals surface area contributed by atoms with Gasteiger partial charge in [0.25, 0.3) is 0 Å². The first kappa shape index (κ1) is 18.7. The average molecular weight is 334 g/mol. The third kappa shape index (κ3) is 6.96. The molecule has 1 heterocycles. The van der Waals surface area contributed by atoms with Gasteiger partial charge in [0, 0.05) is 18.4 Å². The minimum absolute atomic E-state index is 0.229. The molecule has 23 heavy (non-hydrogen) atoms. The highest BCUT2D eigenvalue weighted by atomic mass is 32.1. The van der Waals surface area contributed by atoms with Gasteiger partial charge in [-0.1, -0.05) is 24.0 Å². The number of hydrogen-bond donors (Lipinski definition) is 3. The van der Waals surface area contributed by atoms with Gasteiger partial charge < -0.3 is 16.2 Å². The summed E-state index contributed by atoms with van der Waals surface area (Å²) in [6.45, 7) is 1.77. The Morgan fingerprint density at radius 2 is 1.96 bits per heavy atom. The molecule has 0 saturated heterocycles. The summed E-state index contributed by atoms with van der Waals surface area (Å²) in [7, 11) is 1.00. The number of rotatable bonds is 3. The van der Waals surface area contributed by atoms with Gasteiger partial charge >= 0.3 is 6.03 Å². The smallest absolute Gasteiger partial charge is 0.313 e. The number of aliphatic hydroxyl groups excluding tert-OH is 1. The average Bonchev–Trinajstić information content (AvgIpc) is 2.96. The summed E-state index contributed by atoms with van der Waals surface area (Å²) in [5, 5.41) is 9.50. The van der Waals surface area contributed by atoms with Gasteiger partial charge in [0.2, 0.25) is 0 Å². The second-order valence-corrected chi connectivity index (χ2v) is 5.74. The van der Waals surface area contributed by atoms with Gasteiger partial charge in [0.05, 0.1) is 10.9 Å². The van der Waals surface area contributed by atoms with Crippen molar-refractivity contribution in [2.24, 2.45) is 5.73 Å². The van der Waals surface area contributed by atoms with E-state index in [0.717, 1.165) is 28.8 Å². The molecule has 0 aliphatic carbocycles. The van der Waals surface area contributed by atoms with E-state index in [-0.39, 0.29) is 11.9 Å². The number of carbonyl (C=O) groups is 1. The normalized spacial score (nSPS) is 10.6. The number of hydrogen-bond acceptors (Lipinski definition) is 3. The lowest BCUT2D eigenvalue weighted by atomic mass is 10.1. The molecule has 0 bridgehead atoms.